The van der Waals surface area contributed by atoms with E-state index in [0.717, 1.165) is 0 Å². The molecule has 1 aliphatic rings. The molecule has 2 unspecified atom stereocenters. The second-order valence-corrected chi connectivity index (χ2v) is 7.99. The second kappa shape index (κ2) is 7.32. The minimum absolute atomic E-state index is 0.0360. The average molecular weight is 451 g/mol. The van der Waals surface area contributed by atoms with Crippen LogP contribution in [0.5, 0.6) is 0 Å². The lowest BCUT2D eigenvalue weighted by Gasteiger charge is -2.47. The Morgan fingerprint density at radius 1 is 1.28 bits per heavy atom. The maximum atomic E-state index is 13.6. The van der Waals surface area contributed by atoms with Gasteiger partial charge in [0.1, 0.15) is 23.0 Å². The zero-order valence-corrected chi connectivity index (χ0v) is 17.5. The monoisotopic (exact) mass is 450 g/mol. The smallest absolute Gasteiger partial charge is 0.284 e. The highest BCUT2D eigenvalue weighted by atomic mass is 35.5. The fourth-order valence-corrected chi connectivity index (χ4v) is 4.29. The van der Waals surface area contributed by atoms with Crippen LogP contribution in [0.2, 0.25) is 5.02 Å². The average Bonchev–Trinajstić information content (AvgIpc) is 3.14. The summed E-state index contributed by atoms with van der Waals surface area (Å²) < 4.78 is 16.4. The minimum atomic E-state index is -0.424. The van der Waals surface area contributed by atoms with E-state index < -0.39 is 17.4 Å². The molecule has 0 spiro atoms. The van der Waals surface area contributed by atoms with Crippen molar-refractivity contribution in [1.29, 1.82) is 5.26 Å². The van der Waals surface area contributed by atoms with Gasteiger partial charge in [0.25, 0.3) is 5.56 Å². The van der Waals surface area contributed by atoms with Crippen LogP contribution >= 0.6 is 11.6 Å². The number of fused-ring (bicyclic) bond motifs is 1. The van der Waals surface area contributed by atoms with Gasteiger partial charge in [-0.2, -0.15) is 15.3 Å². The first-order valence-electron chi connectivity index (χ1n) is 9.74. The molecule has 0 radical (unpaired) electrons. The van der Waals surface area contributed by atoms with Crippen molar-refractivity contribution in [3.8, 4) is 11.8 Å². The van der Waals surface area contributed by atoms with E-state index in [-0.39, 0.29) is 28.0 Å². The van der Waals surface area contributed by atoms with Crippen molar-refractivity contribution in [3.05, 3.63) is 75.3 Å². The molecule has 1 aromatic carbocycles. The summed E-state index contributed by atoms with van der Waals surface area (Å²) in [4.78, 5) is 23.5. The predicted molar refractivity (Wildman–Crippen MR) is 116 cm³/mol. The molecular formula is C21H16ClFN8O. The van der Waals surface area contributed by atoms with Crippen molar-refractivity contribution < 1.29 is 4.39 Å². The van der Waals surface area contributed by atoms with Gasteiger partial charge in [0.05, 0.1) is 22.9 Å². The number of nitriles is 1. The highest BCUT2D eigenvalue weighted by Gasteiger charge is 2.42. The van der Waals surface area contributed by atoms with Gasteiger partial charge in [-0.15, -0.1) is 0 Å². The molecule has 11 heteroatoms. The molecule has 0 amide bonds. The fourth-order valence-electron chi connectivity index (χ4n) is 4.07. The molecule has 1 fully saturated rings. The second-order valence-electron chi connectivity index (χ2n) is 7.58. The first-order chi connectivity index (χ1) is 15.4. The molecule has 2 atom stereocenters. The van der Waals surface area contributed by atoms with E-state index in [1.807, 2.05) is 11.8 Å². The van der Waals surface area contributed by atoms with E-state index in [4.69, 9.17) is 17.3 Å². The number of hydrogen-bond donors (Lipinski definition) is 1. The van der Waals surface area contributed by atoms with E-state index in [0.29, 0.717) is 23.9 Å². The molecule has 9 nitrogen and oxygen atoms in total. The maximum Gasteiger partial charge on any atom is 0.284 e. The number of benzene rings is 1. The minimum Gasteiger partial charge on any atom is -0.368 e. The first kappa shape index (κ1) is 20.0. The van der Waals surface area contributed by atoms with Crippen LogP contribution in [0.15, 0.2) is 47.5 Å². The molecule has 0 saturated carbocycles. The molecule has 3 aromatic heterocycles. The predicted octanol–water partition coefficient (Wildman–Crippen LogP) is 2.72. The molecule has 1 saturated heterocycles. The number of aromatic nitrogens is 5. The van der Waals surface area contributed by atoms with Crippen LogP contribution in [0.25, 0.3) is 11.2 Å². The highest BCUT2D eigenvalue weighted by Crippen LogP contribution is 2.42. The van der Waals surface area contributed by atoms with Crippen molar-refractivity contribution in [1.82, 2.24) is 24.1 Å². The number of nitrogens with zero attached hydrogens (tertiary/aromatic N) is 7. The summed E-state index contributed by atoms with van der Waals surface area (Å²) in [6.07, 6.45) is 2.97. The van der Waals surface area contributed by atoms with Crippen LogP contribution < -0.4 is 16.2 Å². The van der Waals surface area contributed by atoms with Gasteiger partial charge >= 0.3 is 0 Å². The number of nitrogens with two attached hydrogens (primary N) is 1. The van der Waals surface area contributed by atoms with Gasteiger partial charge in [-0.1, -0.05) is 18.5 Å². The Bertz CT molecular complexity index is 1460. The van der Waals surface area contributed by atoms with E-state index in [2.05, 4.69) is 21.1 Å². The van der Waals surface area contributed by atoms with E-state index in [1.165, 1.54) is 39.5 Å². The summed E-state index contributed by atoms with van der Waals surface area (Å²) in [5.74, 6) is 0.454. The number of halogens is 2. The lowest BCUT2D eigenvalue weighted by atomic mass is 9.89. The fraction of sp³-hybridized carbons (Fsp3) is 0.190. The van der Waals surface area contributed by atoms with Crippen LogP contribution in [0.3, 0.4) is 0 Å². The van der Waals surface area contributed by atoms with Crippen molar-refractivity contribution in [2.45, 2.75) is 13.0 Å². The Kier molecular flexibility index (Phi) is 4.56. The zero-order chi connectivity index (χ0) is 22.6. The first-order valence-corrected chi connectivity index (χ1v) is 10.1. The number of hydrogen-bond acceptors (Lipinski definition) is 7. The molecule has 5 rings (SSSR count). The summed E-state index contributed by atoms with van der Waals surface area (Å²) in [7, 11) is 0. The van der Waals surface area contributed by atoms with Gasteiger partial charge in [0.15, 0.2) is 11.6 Å². The van der Waals surface area contributed by atoms with E-state index in [1.54, 1.807) is 12.3 Å². The lowest BCUT2D eigenvalue weighted by Crippen LogP contribution is -2.51. The molecule has 1 aliphatic heterocycles. The van der Waals surface area contributed by atoms with Crippen LogP contribution in [-0.2, 0) is 0 Å². The van der Waals surface area contributed by atoms with Crippen molar-refractivity contribution in [2.75, 3.05) is 17.2 Å². The van der Waals surface area contributed by atoms with Crippen LogP contribution in [0.1, 0.15) is 24.4 Å². The Hall–Kier alpha value is -3.97. The zero-order valence-electron chi connectivity index (χ0n) is 16.8. The Labute approximate surface area is 186 Å². The Balaban J connectivity index is 1.76. The van der Waals surface area contributed by atoms with Gasteiger partial charge in [-0.05, 0) is 30.3 Å². The third kappa shape index (κ3) is 2.98. The SMILES string of the molecule is CC1CN(c2nc(N)ncc2C#N)C1c1nn2ccc(Cl)c2c(=O)n1-c1ccc(F)cc1. The van der Waals surface area contributed by atoms with Gasteiger partial charge in [0.2, 0.25) is 5.95 Å². The summed E-state index contributed by atoms with van der Waals surface area (Å²) in [6, 6.07) is 8.83. The third-order valence-corrected chi connectivity index (χ3v) is 5.86. The van der Waals surface area contributed by atoms with Crippen LogP contribution in [0, 0.1) is 23.1 Å². The standard InChI is InChI=1S/C21H16ClFN8O/c1-11-10-29(18-12(8-24)9-26-21(25)27-18)16(11)19-28-30-7-6-15(22)17(30)20(32)31(19)14-4-2-13(23)3-5-14/h2-7,9,11,16H,10H2,1H3,(H2,25,26,27). The summed E-state index contributed by atoms with van der Waals surface area (Å²) in [5.41, 5.74) is 6.30. The molecule has 0 aliphatic carbocycles. The van der Waals surface area contributed by atoms with Crippen molar-refractivity contribution >= 4 is 28.9 Å². The highest BCUT2D eigenvalue weighted by molar-refractivity contribution is 6.33. The molecule has 4 heterocycles. The van der Waals surface area contributed by atoms with Gasteiger partial charge < -0.3 is 10.6 Å². The lowest BCUT2D eigenvalue weighted by molar-refractivity contribution is 0.300. The number of anilines is 2. The largest absolute Gasteiger partial charge is 0.368 e. The van der Waals surface area contributed by atoms with Crippen molar-refractivity contribution in [2.24, 2.45) is 5.92 Å². The van der Waals surface area contributed by atoms with Crippen molar-refractivity contribution in [3.63, 3.8) is 0 Å². The normalized spacial score (nSPS) is 17.9. The summed E-state index contributed by atoms with van der Waals surface area (Å²) in [6.45, 7) is 2.57. The summed E-state index contributed by atoms with van der Waals surface area (Å²) in [5, 5.41) is 14.5. The topological polar surface area (TPSA) is 118 Å². The van der Waals surface area contributed by atoms with Gasteiger partial charge in [0, 0.05) is 18.7 Å². The molecule has 32 heavy (non-hydrogen) atoms. The van der Waals surface area contributed by atoms with Crippen LogP contribution in [-0.4, -0.2) is 30.7 Å². The quantitative estimate of drug-likeness (QED) is 0.509. The molecule has 0 bridgehead atoms. The molecule has 4 aromatic rings. The third-order valence-electron chi connectivity index (χ3n) is 5.55. The molecular weight excluding hydrogens is 435 g/mol. The van der Waals surface area contributed by atoms with E-state index >= 15 is 0 Å². The molecule has 2 N–H and O–H groups in total. The van der Waals surface area contributed by atoms with Crippen LogP contribution in [0.4, 0.5) is 16.2 Å². The summed E-state index contributed by atoms with van der Waals surface area (Å²) >= 11 is 6.24. The van der Waals surface area contributed by atoms with Gasteiger partial charge in [-0.25, -0.2) is 13.9 Å². The number of nitrogen functional groups attached to an aromatic ring is 1. The Morgan fingerprint density at radius 3 is 2.72 bits per heavy atom. The Morgan fingerprint density at radius 2 is 2.03 bits per heavy atom. The van der Waals surface area contributed by atoms with Gasteiger partial charge in [-0.3, -0.25) is 9.36 Å². The van der Waals surface area contributed by atoms with E-state index in [9.17, 15) is 14.4 Å². The number of rotatable bonds is 3. The molecule has 160 valence electrons. The maximum absolute atomic E-state index is 13.6.